The van der Waals surface area contributed by atoms with Gasteiger partial charge in [0.05, 0.1) is 17.4 Å². The van der Waals surface area contributed by atoms with E-state index in [1.165, 1.54) is 49.9 Å². The SMILES string of the molecule is C\C=C/C(/C=C/C(=C(C)\C=C\N1c2c(oc3cc4c(cc23)C(C)(C)CCC4(C)C)B(C(/C=C\CCC)=C/C)C2=C(NC3=C/C=C/C(C)(C)CCC(C)(C)\C=C\3)C=CCC21)C(C)C)=C\C. The Hall–Kier alpha value is -4.70. The molecular formula is C60H81BN2O. The molecule has 4 aliphatic rings. The van der Waals surface area contributed by atoms with E-state index in [0.29, 0.717) is 5.92 Å². The van der Waals surface area contributed by atoms with Gasteiger partial charge < -0.3 is 14.6 Å². The highest BCUT2D eigenvalue weighted by Gasteiger charge is 2.47. The van der Waals surface area contributed by atoms with Crippen LogP contribution in [0.1, 0.15) is 160 Å². The highest BCUT2D eigenvalue weighted by Crippen LogP contribution is 2.50. The number of anilines is 1. The molecule has 64 heavy (non-hydrogen) atoms. The molecular weight excluding hydrogens is 775 g/mol. The van der Waals surface area contributed by atoms with Crippen molar-refractivity contribution < 1.29 is 4.42 Å². The molecule has 1 atom stereocenters. The summed E-state index contributed by atoms with van der Waals surface area (Å²) >= 11 is 0. The average molecular weight is 857 g/mol. The van der Waals surface area contributed by atoms with Crippen LogP contribution in [0.15, 0.2) is 159 Å². The van der Waals surface area contributed by atoms with Gasteiger partial charge in [-0.3, -0.25) is 0 Å². The van der Waals surface area contributed by atoms with E-state index in [9.17, 15) is 0 Å². The zero-order valence-corrected chi connectivity index (χ0v) is 42.5. The van der Waals surface area contributed by atoms with Crippen LogP contribution in [0.5, 0.6) is 0 Å². The van der Waals surface area contributed by atoms with Crippen molar-refractivity contribution in [2.24, 2.45) is 16.7 Å². The standard InChI is InChI=1S/C60H81BN2O/c1-16-20-21-25-45(19-4)61-54-51(62-46-26-23-33-57(8,9)35-36-58(10,11)34-31-46)27-22-28-52(54)63(39-32-43(7)47(42(5)6)30-29-44(18-3)24-17-2)55-48-40-49-50(41-53(48)64-56(55)61)60(14,15)38-37-59(49,12)13/h17-19,21-27,29-34,39-42,52,62H,16,20,28,35-38H2,1-15H3/b24-17-,25-21-,30-29+,33-23+,34-31+,39-32+,44-18+,45-19+,46-26+,47-43+. The number of hydrogen-bond donors (Lipinski definition) is 1. The minimum Gasteiger partial charge on any atom is -0.468 e. The summed E-state index contributed by atoms with van der Waals surface area (Å²) < 4.78 is 7.44. The van der Waals surface area contributed by atoms with Crippen LogP contribution in [0, 0.1) is 16.7 Å². The number of furan rings is 1. The predicted octanol–water partition coefficient (Wildman–Crippen LogP) is 16.3. The number of fused-ring (bicyclic) bond motifs is 5. The number of rotatable bonds is 12. The lowest BCUT2D eigenvalue weighted by Gasteiger charge is -2.43. The molecule has 0 radical (unpaired) electrons. The van der Waals surface area contributed by atoms with Crippen molar-refractivity contribution in [1.29, 1.82) is 0 Å². The van der Waals surface area contributed by atoms with Crippen molar-refractivity contribution in [1.82, 2.24) is 5.32 Å². The highest BCUT2D eigenvalue weighted by molar-refractivity contribution is 6.88. The molecule has 2 heterocycles. The molecule has 1 aliphatic heterocycles. The second kappa shape index (κ2) is 19.8. The van der Waals surface area contributed by atoms with Gasteiger partial charge in [0, 0.05) is 23.0 Å². The fraction of sp³-hybridized carbons (Fsp3) is 0.467. The van der Waals surface area contributed by atoms with E-state index in [0.717, 1.165) is 67.6 Å². The number of allylic oxidation sites excluding steroid dienone is 19. The number of nitrogens with zero attached hydrogens (tertiary/aromatic N) is 1. The van der Waals surface area contributed by atoms with Crippen LogP contribution in [-0.2, 0) is 10.8 Å². The van der Waals surface area contributed by atoms with Crippen molar-refractivity contribution in [3.8, 4) is 0 Å². The quantitative estimate of drug-likeness (QED) is 0.170. The molecule has 0 spiro atoms. The molecule has 0 amide bonds. The molecule has 4 heteroatoms. The van der Waals surface area contributed by atoms with Crippen molar-refractivity contribution in [3.05, 3.63) is 166 Å². The van der Waals surface area contributed by atoms with Crippen molar-refractivity contribution in [2.75, 3.05) is 4.90 Å². The molecule has 6 rings (SSSR count). The molecule has 3 aliphatic carbocycles. The summed E-state index contributed by atoms with van der Waals surface area (Å²) in [5.41, 5.74) is 15.1. The summed E-state index contributed by atoms with van der Waals surface area (Å²) in [6.45, 7) is 34.6. The molecule has 0 saturated carbocycles. The predicted molar refractivity (Wildman–Crippen MR) is 282 cm³/mol. The molecule has 1 N–H and O–H groups in total. The number of hydrogen-bond acceptors (Lipinski definition) is 3. The summed E-state index contributed by atoms with van der Waals surface area (Å²) in [7, 11) is 0. The Morgan fingerprint density at radius 3 is 2.17 bits per heavy atom. The second-order valence-corrected chi connectivity index (χ2v) is 22.0. The molecule has 1 aromatic carbocycles. The molecule has 1 unspecified atom stereocenters. The van der Waals surface area contributed by atoms with E-state index in [1.54, 1.807) is 0 Å². The van der Waals surface area contributed by atoms with Gasteiger partial charge >= 0.3 is 0 Å². The second-order valence-electron chi connectivity index (χ2n) is 22.0. The van der Waals surface area contributed by atoms with Crippen molar-refractivity contribution in [3.63, 3.8) is 0 Å². The Kier molecular flexibility index (Phi) is 15.1. The molecule has 340 valence electrons. The maximum atomic E-state index is 7.44. The Balaban J connectivity index is 1.66. The van der Waals surface area contributed by atoms with Crippen LogP contribution in [0.25, 0.3) is 11.0 Å². The Morgan fingerprint density at radius 1 is 0.844 bits per heavy atom. The fourth-order valence-corrected chi connectivity index (χ4v) is 10.1. The van der Waals surface area contributed by atoms with Gasteiger partial charge in [-0.25, -0.2) is 0 Å². The first-order valence-corrected chi connectivity index (χ1v) is 24.6. The number of benzene rings is 1. The minimum atomic E-state index is -0.0765. The lowest BCUT2D eigenvalue weighted by atomic mass is 9.34. The first-order chi connectivity index (χ1) is 30.3. The Morgan fingerprint density at radius 2 is 1.53 bits per heavy atom. The van der Waals surface area contributed by atoms with E-state index >= 15 is 0 Å². The minimum absolute atomic E-state index is 0.0576. The zero-order chi connectivity index (χ0) is 46.6. The van der Waals surface area contributed by atoms with E-state index in [1.807, 2.05) is 0 Å². The van der Waals surface area contributed by atoms with Crippen LogP contribution in [0.3, 0.4) is 0 Å². The third kappa shape index (κ3) is 10.7. The smallest absolute Gasteiger partial charge is 0.290 e. The van der Waals surface area contributed by atoms with Crippen LogP contribution in [-0.4, -0.2) is 12.8 Å². The van der Waals surface area contributed by atoms with E-state index < -0.39 is 0 Å². The fourth-order valence-electron chi connectivity index (χ4n) is 10.1. The van der Waals surface area contributed by atoms with Gasteiger partial charge in [0.2, 0.25) is 0 Å². The molecule has 0 bridgehead atoms. The molecule has 2 aromatic rings. The van der Waals surface area contributed by atoms with Gasteiger partial charge in [-0.15, -0.1) is 0 Å². The lowest BCUT2D eigenvalue weighted by molar-refractivity contribution is 0.330. The van der Waals surface area contributed by atoms with Gasteiger partial charge in [0.15, 0.2) is 0 Å². The summed E-state index contributed by atoms with van der Waals surface area (Å²) in [4.78, 5) is 2.58. The zero-order valence-electron chi connectivity index (χ0n) is 42.5. The van der Waals surface area contributed by atoms with Crippen molar-refractivity contribution in [2.45, 2.75) is 166 Å². The molecule has 1 aromatic heterocycles. The summed E-state index contributed by atoms with van der Waals surface area (Å²) in [6.07, 6.45) is 46.8. The van der Waals surface area contributed by atoms with Gasteiger partial charge in [0.25, 0.3) is 6.71 Å². The number of unbranched alkanes of at least 4 members (excludes halogenated alkanes) is 1. The van der Waals surface area contributed by atoms with E-state index in [-0.39, 0.29) is 34.4 Å². The third-order valence-corrected chi connectivity index (χ3v) is 14.5. The van der Waals surface area contributed by atoms with Crippen LogP contribution in [0.4, 0.5) is 5.69 Å². The first-order valence-electron chi connectivity index (χ1n) is 24.6. The maximum Gasteiger partial charge on any atom is 0.290 e. The average Bonchev–Trinajstić information content (AvgIpc) is 3.62. The maximum absolute atomic E-state index is 7.44. The monoisotopic (exact) mass is 857 g/mol. The molecule has 0 fully saturated rings. The third-order valence-electron chi connectivity index (χ3n) is 14.5. The van der Waals surface area contributed by atoms with Gasteiger partial charge in [-0.1, -0.05) is 161 Å². The topological polar surface area (TPSA) is 28.4 Å². The first kappa shape index (κ1) is 48.8. The Labute approximate surface area is 390 Å². The van der Waals surface area contributed by atoms with Gasteiger partial charge in [-0.2, -0.15) is 0 Å². The normalized spacial score (nSPS) is 24.4. The Bertz CT molecular complexity index is 2430. The van der Waals surface area contributed by atoms with Gasteiger partial charge in [-0.05, 0) is 164 Å². The van der Waals surface area contributed by atoms with Gasteiger partial charge in [0.1, 0.15) is 5.58 Å². The van der Waals surface area contributed by atoms with E-state index in [4.69, 9.17) is 4.42 Å². The highest BCUT2D eigenvalue weighted by atomic mass is 16.3. The van der Waals surface area contributed by atoms with Crippen LogP contribution < -0.4 is 15.9 Å². The largest absolute Gasteiger partial charge is 0.468 e. The molecule has 3 nitrogen and oxygen atoms in total. The molecule has 0 saturated heterocycles. The lowest BCUT2D eigenvalue weighted by Crippen LogP contribution is -2.53. The summed E-state index contributed by atoms with van der Waals surface area (Å²) in [5.74, 6) is 0.358. The number of nitrogens with one attached hydrogen (secondary N) is 1. The van der Waals surface area contributed by atoms with E-state index in [2.05, 4.69) is 230 Å². The summed E-state index contributed by atoms with van der Waals surface area (Å²) in [6, 6.07) is 5.00. The summed E-state index contributed by atoms with van der Waals surface area (Å²) in [5, 5.41) is 5.27. The van der Waals surface area contributed by atoms with Crippen molar-refractivity contribution >= 4 is 29.0 Å². The van der Waals surface area contributed by atoms with Crippen LogP contribution in [0.2, 0.25) is 0 Å². The van der Waals surface area contributed by atoms with Crippen LogP contribution >= 0.6 is 0 Å².